The minimum atomic E-state index is -4.48. The number of hydrogen-bond acceptors (Lipinski definition) is 4. The van der Waals surface area contributed by atoms with Crippen molar-refractivity contribution < 1.29 is 22.7 Å². The molecule has 2 aromatic carbocycles. The average Bonchev–Trinajstić information content (AvgIpc) is 3.14. The second kappa shape index (κ2) is 8.70. The minimum Gasteiger partial charge on any atom is -0.465 e. The van der Waals surface area contributed by atoms with Crippen LogP contribution in [0.2, 0.25) is 0 Å². The zero-order valence-corrected chi connectivity index (χ0v) is 17.2. The number of carbonyl (C=O) groups is 1. The largest absolute Gasteiger partial charge is 0.465 e. The predicted octanol–water partition coefficient (Wildman–Crippen LogP) is 4.75. The molecule has 2 heterocycles. The number of alkyl halides is 3. The second-order valence-corrected chi connectivity index (χ2v) is 7.94. The van der Waals surface area contributed by atoms with Crippen molar-refractivity contribution in [2.75, 3.05) is 20.2 Å². The van der Waals surface area contributed by atoms with Crippen LogP contribution in [0.5, 0.6) is 0 Å². The molecule has 8 heteroatoms. The molecule has 0 amide bonds. The zero-order valence-electron chi connectivity index (χ0n) is 17.2. The van der Waals surface area contributed by atoms with E-state index < -0.39 is 12.0 Å². The molecule has 0 bridgehead atoms. The number of methoxy groups -OCH3 is 1. The maximum absolute atomic E-state index is 13.5. The van der Waals surface area contributed by atoms with Crippen LogP contribution in [-0.2, 0) is 24.0 Å². The summed E-state index contributed by atoms with van der Waals surface area (Å²) in [6, 6.07) is 14.1. The Bertz CT molecular complexity index is 1050. The maximum Gasteiger partial charge on any atom is 0.449 e. The lowest BCUT2D eigenvalue weighted by atomic mass is 9.96. The molecule has 3 aromatic rings. The molecule has 1 saturated heterocycles. The molecule has 1 aliphatic heterocycles. The summed E-state index contributed by atoms with van der Waals surface area (Å²) in [7, 11) is 1.35. The number of aromatic nitrogens is 2. The molecule has 164 valence electrons. The highest BCUT2D eigenvalue weighted by Crippen LogP contribution is 2.33. The minimum absolute atomic E-state index is 0.164. The van der Waals surface area contributed by atoms with Crippen molar-refractivity contribution in [3.05, 3.63) is 65.5 Å². The molecule has 0 spiro atoms. The normalized spacial score (nSPS) is 16.0. The van der Waals surface area contributed by atoms with Crippen LogP contribution < -0.4 is 0 Å². The lowest BCUT2D eigenvalue weighted by Crippen LogP contribution is -2.35. The first kappa shape index (κ1) is 21.4. The Labute approximate surface area is 178 Å². The van der Waals surface area contributed by atoms with Gasteiger partial charge in [0.25, 0.3) is 0 Å². The quantitative estimate of drug-likeness (QED) is 0.547. The monoisotopic (exact) mass is 431 g/mol. The summed E-state index contributed by atoms with van der Waals surface area (Å²) in [4.78, 5) is 17.7. The van der Waals surface area contributed by atoms with E-state index in [-0.39, 0.29) is 11.9 Å². The highest BCUT2D eigenvalue weighted by atomic mass is 19.4. The standard InChI is InChI=1S/C23H24F3N3O2/c1-31-21(30)18-8-6-16(7-9-18)14-28-12-10-17(11-13-28)15-29-20-5-3-2-4-19(20)27-22(29)23(24,25)26/h2-9,17H,10-15H2,1H3. The van der Waals surface area contributed by atoms with Gasteiger partial charge in [0.2, 0.25) is 5.82 Å². The van der Waals surface area contributed by atoms with E-state index in [0.29, 0.717) is 23.1 Å². The average molecular weight is 431 g/mol. The number of nitrogens with zero attached hydrogens (tertiary/aromatic N) is 3. The van der Waals surface area contributed by atoms with E-state index in [1.807, 2.05) is 12.1 Å². The third-order valence-corrected chi connectivity index (χ3v) is 5.84. The number of ether oxygens (including phenoxy) is 1. The van der Waals surface area contributed by atoms with Gasteiger partial charge in [-0.2, -0.15) is 13.2 Å². The fourth-order valence-corrected chi connectivity index (χ4v) is 4.18. The Morgan fingerprint density at radius 1 is 1.10 bits per heavy atom. The smallest absolute Gasteiger partial charge is 0.449 e. The molecule has 0 N–H and O–H groups in total. The number of likely N-dealkylation sites (tertiary alicyclic amines) is 1. The number of imidazole rings is 1. The Morgan fingerprint density at radius 2 is 1.77 bits per heavy atom. The maximum atomic E-state index is 13.5. The topological polar surface area (TPSA) is 47.4 Å². The third-order valence-electron chi connectivity index (χ3n) is 5.84. The van der Waals surface area contributed by atoms with Crippen LogP contribution in [0.15, 0.2) is 48.5 Å². The molecule has 1 aromatic heterocycles. The summed E-state index contributed by atoms with van der Waals surface area (Å²) in [6.45, 7) is 2.70. The molecule has 0 radical (unpaired) electrons. The summed E-state index contributed by atoms with van der Waals surface area (Å²) in [5.41, 5.74) is 2.51. The molecular weight excluding hydrogens is 407 g/mol. The van der Waals surface area contributed by atoms with Crippen molar-refractivity contribution >= 4 is 17.0 Å². The summed E-state index contributed by atoms with van der Waals surface area (Å²) in [6.07, 6.45) is -2.83. The molecule has 0 atom stereocenters. The third kappa shape index (κ3) is 4.74. The van der Waals surface area contributed by atoms with Crippen LogP contribution in [0, 0.1) is 5.92 Å². The highest BCUT2D eigenvalue weighted by molar-refractivity contribution is 5.89. The molecule has 0 aliphatic carbocycles. The predicted molar refractivity (Wildman–Crippen MR) is 111 cm³/mol. The Morgan fingerprint density at radius 3 is 2.42 bits per heavy atom. The number of para-hydroxylation sites is 2. The number of hydrogen-bond donors (Lipinski definition) is 0. The summed E-state index contributed by atoms with van der Waals surface area (Å²) >= 11 is 0. The van der Waals surface area contributed by atoms with Crippen LogP contribution >= 0.6 is 0 Å². The SMILES string of the molecule is COC(=O)c1ccc(CN2CCC(Cn3c(C(F)(F)F)nc4ccccc43)CC2)cc1. The first-order valence-corrected chi connectivity index (χ1v) is 10.3. The Hall–Kier alpha value is -2.87. The van der Waals surface area contributed by atoms with Gasteiger partial charge in [0, 0.05) is 13.1 Å². The fourth-order valence-electron chi connectivity index (χ4n) is 4.18. The number of fused-ring (bicyclic) bond motifs is 1. The molecule has 1 fully saturated rings. The molecule has 1 aliphatic rings. The first-order valence-electron chi connectivity index (χ1n) is 10.3. The van der Waals surface area contributed by atoms with Crippen LogP contribution in [0.3, 0.4) is 0 Å². The fraction of sp³-hybridized carbons (Fsp3) is 0.391. The van der Waals surface area contributed by atoms with Gasteiger partial charge in [0.1, 0.15) is 0 Å². The van der Waals surface area contributed by atoms with Gasteiger partial charge in [0.05, 0.1) is 23.7 Å². The van der Waals surface area contributed by atoms with Gasteiger partial charge in [-0.1, -0.05) is 24.3 Å². The summed E-state index contributed by atoms with van der Waals surface area (Å²) in [5, 5.41) is 0. The van der Waals surface area contributed by atoms with E-state index in [1.54, 1.807) is 36.4 Å². The molecule has 31 heavy (non-hydrogen) atoms. The summed E-state index contributed by atoms with van der Waals surface area (Å²) in [5.74, 6) is -1.02. The van der Waals surface area contributed by atoms with E-state index in [1.165, 1.54) is 11.7 Å². The van der Waals surface area contributed by atoms with Crippen LogP contribution in [0.1, 0.15) is 34.6 Å². The van der Waals surface area contributed by atoms with E-state index in [9.17, 15) is 18.0 Å². The number of halogens is 3. The number of carbonyl (C=O) groups excluding carboxylic acids is 1. The van der Waals surface area contributed by atoms with Gasteiger partial charge in [-0.3, -0.25) is 4.90 Å². The van der Waals surface area contributed by atoms with Crippen molar-refractivity contribution in [3.63, 3.8) is 0 Å². The van der Waals surface area contributed by atoms with Gasteiger partial charge in [-0.15, -0.1) is 0 Å². The summed E-state index contributed by atoms with van der Waals surface area (Å²) < 4.78 is 46.6. The van der Waals surface area contributed by atoms with Crippen molar-refractivity contribution in [2.24, 2.45) is 5.92 Å². The Balaban J connectivity index is 1.39. The number of rotatable bonds is 5. The van der Waals surface area contributed by atoms with Crippen LogP contribution in [-0.4, -0.2) is 40.6 Å². The van der Waals surface area contributed by atoms with Gasteiger partial charge >= 0.3 is 12.1 Å². The van der Waals surface area contributed by atoms with E-state index >= 15 is 0 Å². The van der Waals surface area contributed by atoms with E-state index in [0.717, 1.165) is 38.0 Å². The molecule has 0 saturated carbocycles. The van der Waals surface area contributed by atoms with Crippen LogP contribution in [0.4, 0.5) is 13.2 Å². The van der Waals surface area contributed by atoms with E-state index in [2.05, 4.69) is 9.88 Å². The van der Waals surface area contributed by atoms with E-state index in [4.69, 9.17) is 4.74 Å². The Kier molecular flexibility index (Phi) is 6.00. The van der Waals surface area contributed by atoms with Crippen molar-refractivity contribution in [1.29, 1.82) is 0 Å². The van der Waals surface area contributed by atoms with Gasteiger partial charge in [-0.25, -0.2) is 9.78 Å². The lowest BCUT2D eigenvalue weighted by Gasteiger charge is -2.32. The molecule has 4 rings (SSSR count). The highest BCUT2D eigenvalue weighted by Gasteiger charge is 2.38. The van der Waals surface area contributed by atoms with Crippen LogP contribution in [0.25, 0.3) is 11.0 Å². The van der Waals surface area contributed by atoms with Crippen molar-refractivity contribution in [3.8, 4) is 0 Å². The van der Waals surface area contributed by atoms with Crippen molar-refractivity contribution in [2.45, 2.75) is 32.1 Å². The zero-order chi connectivity index (χ0) is 22.0. The van der Waals surface area contributed by atoms with Gasteiger partial charge in [-0.05, 0) is 61.7 Å². The molecule has 0 unspecified atom stereocenters. The number of benzene rings is 2. The number of esters is 1. The van der Waals surface area contributed by atoms with Gasteiger partial charge in [0.15, 0.2) is 0 Å². The van der Waals surface area contributed by atoms with Gasteiger partial charge < -0.3 is 9.30 Å². The second-order valence-electron chi connectivity index (χ2n) is 7.94. The first-order chi connectivity index (χ1) is 14.8. The molecule has 5 nitrogen and oxygen atoms in total. The number of piperidine rings is 1. The molecular formula is C23H24F3N3O2. The lowest BCUT2D eigenvalue weighted by molar-refractivity contribution is -0.147. The van der Waals surface area contributed by atoms with Crippen molar-refractivity contribution in [1.82, 2.24) is 14.5 Å².